The van der Waals surface area contributed by atoms with Crippen molar-refractivity contribution in [1.29, 1.82) is 0 Å². The van der Waals surface area contributed by atoms with E-state index in [2.05, 4.69) is 57.5 Å². The van der Waals surface area contributed by atoms with E-state index in [9.17, 15) is 58.8 Å². The van der Waals surface area contributed by atoms with Gasteiger partial charge in [0.15, 0.2) is 23.1 Å². The number of benzene rings is 1. The van der Waals surface area contributed by atoms with E-state index in [0.29, 0.717) is 31.5 Å². The number of nitrogens with one attached hydrogen (secondary N) is 6. The lowest BCUT2D eigenvalue weighted by Crippen LogP contribution is -2.56. The minimum atomic E-state index is -0.920. The molecule has 0 aliphatic carbocycles. The standard InChI is InChI=1S/C21H34N4O3.C20H33N5O3.C17H34N4O3.C15H30N4O3/c1-14(2)18(16(4)26)23-21(28)19(25(5)6)20(27)15(3)12-13-22-24-17-10-8-7-9-11-17;1-13(2)17(15(4)26)23-20(28)18(25(5)6)19(27)14(3)10-12-22-24-16-9-7-8-11-21-16;1-11(2)14(13(4)22)19-17(24)15(20(5)6)16(23)12(3)9-10-18-21(7)8;1-9(2)12(11(4)20)18-15(22)13(19(5)6)14(21)10(3)7-8-17-16/h7-11,13-15,18-20,24,27H,12H2,1-6H3,(H,23,28);7-9,11-14,17-19,27H,10H2,1-6H3,(H,21,24)(H,23,28);10-12,14-16,23H,9H2,1-8H3,(H,19,24);8-10,12-14,21H,7,16H2,1-6H3,(H,18,22)/b22-13+;22-12+;18-10+;17-8+/t15-,18-,19-,20-;14-,17-,18-,19-;12-,14-,15-,16-;10-,12-,13-,14-/m1111/s1. The number of nitrogens with zero attached hydrogens (tertiary/aromatic N) is 10. The van der Waals surface area contributed by atoms with Crippen molar-refractivity contribution < 1.29 is 58.8 Å². The first-order valence-electron chi connectivity index (χ1n) is 34.9. The fraction of sp³-hybridized carbons (Fsp3) is 0.685. The molecular formula is C73H131N17O12. The number of carbonyl (C=O) groups excluding carboxylic acids is 8. The first-order chi connectivity index (χ1) is 47.4. The average molecular weight is 1440 g/mol. The Balaban J connectivity index is 0. The van der Waals surface area contributed by atoms with Gasteiger partial charge in [-0.05, 0) is 181 Å². The molecule has 0 spiro atoms. The van der Waals surface area contributed by atoms with Gasteiger partial charge in [-0.15, -0.1) is 0 Å². The summed E-state index contributed by atoms with van der Waals surface area (Å²) < 4.78 is 0. The summed E-state index contributed by atoms with van der Waals surface area (Å²) in [6.07, 6.45) is 6.64. The number of aliphatic hydroxyl groups is 4. The molecule has 2 aromatic rings. The van der Waals surface area contributed by atoms with E-state index >= 15 is 0 Å². The molecule has 1 heterocycles. The van der Waals surface area contributed by atoms with Gasteiger partial charge in [-0.25, -0.2) is 4.98 Å². The molecule has 0 fully saturated rings. The van der Waals surface area contributed by atoms with Gasteiger partial charge in [0.1, 0.15) is 30.0 Å². The van der Waals surface area contributed by atoms with E-state index in [0.717, 1.165) is 5.69 Å². The minimum absolute atomic E-state index is 0.00365. The Morgan fingerprint density at radius 3 is 0.931 bits per heavy atom. The molecule has 0 aliphatic heterocycles. The van der Waals surface area contributed by atoms with Gasteiger partial charge in [-0.1, -0.05) is 107 Å². The fourth-order valence-corrected chi connectivity index (χ4v) is 10.7. The molecule has 0 aliphatic rings. The Labute approximate surface area is 609 Å². The van der Waals surface area contributed by atoms with Crippen molar-refractivity contribution >= 4 is 83.1 Å². The van der Waals surface area contributed by atoms with Gasteiger partial charge in [0, 0.05) is 45.2 Å². The number of hydrogen-bond donors (Lipinski definition) is 11. The Kier molecular flexibility index (Phi) is 48.1. The van der Waals surface area contributed by atoms with Crippen molar-refractivity contribution in [2.75, 3.05) is 81.3 Å². The summed E-state index contributed by atoms with van der Waals surface area (Å²) in [5.74, 6) is 3.09. The van der Waals surface area contributed by atoms with Crippen molar-refractivity contribution in [3.05, 3.63) is 54.7 Å². The molecule has 12 N–H and O–H groups in total. The van der Waals surface area contributed by atoms with Gasteiger partial charge in [0.25, 0.3) is 0 Å². The second-order valence-corrected chi connectivity index (χ2v) is 28.7. The molecule has 0 saturated carbocycles. The Morgan fingerprint density at radius 2 is 0.686 bits per heavy atom. The number of aromatic nitrogens is 1. The lowest BCUT2D eigenvalue weighted by molar-refractivity contribution is -0.135. The molecule has 4 amide bonds. The summed E-state index contributed by atoms with van der Waals surface area (Å²) in [6, 6.07) is 9.79. The molecule has 580 valence electrons. The molecule has 102 heavy (non-hydrogen) atoms. The van der Waals surface area contributed by atoms with Crippen LogP contribution in [0.2, 0.25) is 0 Å². The number of anilines is 2. The van der Waals surface area contributed by atoms with Crippen LogP contribution in [0.15, 0.2) is 75.1 Å². The highest BCUT2D eigenvalue weighted by atomic mass is 16.3. The first-order valence-corrected chi connectivity index (χ1v) is 34.9. The van der Waals surface area contributed by atoms with Crippen LogP contribution in [0.1, 0.15) is 136 Å². The first kappa shape index (κ1) is 96.5. The van der Waals surface area contributed by atoms with Crippen molar-refractivity contribution in [1.82, 2.24) is 50.9 Å². The van der Waals surface area contributed by atoms with Crippen LogP contribution >= 0.6 is 0 Å². The molecule has 29 heteroatoms. The number of carbonyl (C=O) groups is 8. The van der Waals surface area contributed by atoms with Crippen LogP contribution in [0.4, 0.5) is 11.5 Å². The molecule has 0 saturated heterocycles. The van der Waals surface area contributed by atoms with E-state index in [1.807, 2.05) is 140 Å². The number of likely N-dealkylation sites (N-methyl/N-ethyl adjacent to an activating group) is 4. The molecule has 0 unspecified atom stereocenters. The molecule has 1 aromatic heterocycles. The molecular weight excluding hydrogens is 1310 g/mol. The summed E-state index contributed by atoms with van der Waals surface area (Å²) in [6.45, 7) is 28.3. The topological polar surface area (TPSA) is 394 Å². The van der Waals surface area contributed by atoms with E-state index in [4.69, 9.17) is 5.84 Å². The number of nitrogens with two attached hydrogens (primary N) is 1. The van der Waals surface area contributed by atoms with E-state index in [1.54, 1.807) is 112 Å². The number of hydrazone groups is 4. The third kappa shape index (κ3) is 37.1. The molecule has 2 rings (SSSR count). The van der Waals surface area contributed by atoms with Gasteiger partial charge >= 0.3 is 0 Å². The maximum Gasteiger partial charge on any atom is 0.240 e. The zero-order valence-corrected chi connectivity index (χ0v) is 66.0. The summed E-state index contributed by atoms with van der Waals surface area (Å²) >= 11 is 0. The fourth-order valence-electron chi connectivity index (χ4n) is 10.7. The number of Topliss-reactive ketones (excluding diaryl/α,β-unsaturated/α-hetero) is 4. The van der Waals surface area contributed by atoms with Gasteiger partial charge in [0.2, 0.25) is 23.6 Å². The monoisotopic (exact) mass is 1440 g/mol. The number of amides is 4. The number of para-hydroxylation sites is 1. The predicted octanol–water partition coefficient (Wildman–Crippen LogP) is 4.22. The van der Waals surface area contributed by atoms with Crippen molar-refractivity contribution in [2.24, 2.45) is 73.6 Å². The van der Waals surface area contributed by atoms with Gasteiger partial charge in [-0.3, -0.25) is 68.8 Å². The van der Waals surface area contributed by atoms with Crippen molar-refractivity contribution in [3.63, 3.8) is 0 Å². The Bertz CT molecular complexity index is 2770. The SMILES string of the molecule is CC(=O)[C@H](NC(=O)[C@@H]([C@H](O)[C@H](C)C/C=N/N(C)C)N(C)C)C(C)C.CC(=O)[C@H](NC(=O)[C@@H]([C@H](O)[C@H](C)C/C=N/N)N(C)C)C(C)C.CC(=O)[C@H](NC(=O)[C@@H]([C@H](O)[C@H](C)C/C=N/Nc1ccccc1)N(C)C)C(C)C.CC(=O)[C@H](NC(=O)[C@@H]([C@H](O)[C@H](C)C/C=N/Nc1ccccn1)N(C)C)C(C)C. The molecule has 29 nitrogen and oxygen atoms in total. The second kappa shape index (κ2) is 50.8. The van der Waals surface area contributed by atoms with Crippen molar-refractivity contribution in [3.8, 4) is 0 Å². The quantitative estimate of drug-likeness (QED) is 0.0252. The van der Waals surface area contributed by atoms with Crippen LogP contribution in [-0.4, -0.2) is 265 Å². The third-order valence-electron chi connectivity index (χ3n) is 16.9. The van der Waals surface area contributed by atoms with E-state index in [-0.39, 0.29) is 94.1 Å². The number of pyridine rings is 1. The smallest absolute Gasteiger partial charge is 0.240 e. The normalized spacial score (nSPS) is 16.6. The van der Waals surface area contributed by atoms with Crippen LogP contribution < -0.4 is 38.0 Å². The maximum absolute atomic E-state index is 12.8. The van der Waals surface area contributed by atoms with Crippen LogP contribution in [0.5, 0.6) is 0 Å². The predicted molar refractivity (Wildman–Crippen MR) is 409 cm³/mol. The summed E-state index contributed by atoms with van der Waals surface area (Å²) in [4.78, 5) is 108. The highest BCUT2D eigenvalue weighted by Crippen LogP contribution is 2.21. The number of aliphatic hydroxyl groups excluding tert-OH is 4. The van der Waals surface area contributed by atoms with Crippen molar-refractivity contribution in [2.45, 2.75) is 209 Å². The largest absolute Gasteiger partial charge is 0.391 e. The van der Waals surface area contributed by atoms with Crippen LogP contribution in [0.25, 0.3) is 0 Å². The average Bonchev–Trinajstić information content (AvgIpc) is 0.865. The lowest BCUT2D eigenvalue weighted by atomic mass is 9.93. The second-order valence-electron chi connectivity index (χ2n) is 28.7. The lowest BCUT2D eigenvalue weighted by Gasteiger charge is -2.32. The molecule has 1 aromatic carbocycles. The van der Waals surface area contributed by atoms with Gasteiger partial charge in [-0.2, -0.15) is 20.4 Å². The Morgan fingerprint density at radius 1 is 0.412 bits per heavy atom. The highest BCUT2D eigenvalue weighted by molar-refractivity contribution is 5.92. The van der Waals surface area contributed by atoms with Gasteiger partial charge in [0.05, 0.1) is 54.3 Å². The third-order valence-corrected chi connectivity index (χ3v) is 16.9. The number of hydrogen-bond acceptors (Lipinski definition) is 25. The maximum atomic E-state index is 12.8. The summed E-state index contributed by atoms with van der Waals surface area (Å²) in [5.41, 5.74) is 6.62. The highest BCUT2D eigenvalue weighted by Gasteiger charge is 2.39. The minimum Gasteiger partial charge on any atom is -0.391 e. The Hall–Kier alpha value is -7.51. The zero-order chi connectivity index (χ0) is 79.0. The molecule has 16 atom stereocenters. The molecule has 0 radical (unpaired) electrons. The number of rotatable bonds is 41. The van der Waals surface area contributed by atoms with E-state index < -0.39 is 72.8 Å². The van der Waals surface area contributed by atoms with Crippen LogP contribution in [0, 0.1) is 47.3 Å². The van der Waals surface area contributed by atoms with Crippen LogP contribution in [-0.2, 0) is 38.4 Å². The van der Waals surface area contributed by atoms with E-state index in [1.165, 1.54) is 33.9 Å². The zero-order valence-electron chi connectivity index (χ0n) is 66.0. The summed E-state index contributed by atoms with van der Waals surface area (Å²) in [7, 11) is 17.5. The van der Waals surface area contributed by atoms with Crippen LogP contribution in [0.3, 0.4) is 0 Å². The summed E-state index contributed by atoms with van der Waals surface area (Å²) in [5, 5.41) is 71.1. The molecule has 0 bridgehead atoms. The number of ketones is 4. The van der Waals surface area contributed by atoms with Gasteiger partial charge < -0.3 is 52.5 Å².